The van der Waals surface area contributed by atoms with Crippen LogP contribution < -0.4 is 5.32 Å². The smallest absolute Gasteiger partial charge is 0.258 e. The topological polar surface area (TPSA) is 72.8 Å². The minimum absolute atomic E-state index is 0.163. The van der Waals surface area contributed by atoms with Crippen LogP contribution in [0, 0.1) is 0 Å². The second kappa shape index (κ2) is 7.43. The molecule has 3 N–H and O–H groups in total. The van der Waals surface area contributed by atoms with E-state index in [1.807, 2.05) is 25.1 Å². The molecule has 23 heavy (non-hydrogen) atoms. The standard InChI is InChI=1S/C18H28N2O3/c1-3-17(2,14-21)19-16(22)18(23,13-20-11-7-8-12-20)15-9-5-4-6-10-15/h4-6,9-10,21,23H,3,7-8,11-14H2,1-2H3,(H,19,22)/t17-,18-/m0/s1. The number of aliphatic hydroxyl groups excluding tert-OH is 1. The number of carbonyl (C=O) groups is 1. The molecular formula is C18H28N2O3. The highest BCUT2D eigenvalue weighted by atomic mass is 16.3. The minimum Gasteiger partial charge on any atom is -0.394 e. The highest BCUT2D eigenvalue weighted by molar-refractivity contribution is 5.87. The summed E-state index contributed by atoms with van der Waals surface area (Å²) in [6.07, 6.45) is 2.77. The minimum atomic E-state index is -1.61. The summed E-state index contributed by atoms with van der Waals surface area (Å²) in [4.78, 5) is 15.0. The quantitative estimate of drug-likeness (QED) is 0.707. The van der Waals surface area contributed by atoms with E-state index >= 15 is 0 Å². The molecule has 0 bridgehead atoms. The van der Waals surface area contributed by atoms with E-state index in [9.17, 15) is 15.0 Å². The van der Waals surface area contributed by atoms with Crippen LogP contribution >= 0.6 is 0 Å². The fraction of sp³-hybridized carbons (Fsp3) is 0.611. The summed E-state index contributed by atoms with van der Waals surface area (Å²) in [6.45, 7) is 5.59. The number of aliphatic hydroxyl groups is 2. The van der Waals surface area contributed by atoms with Crippen molar-refractivity contribution in [2.75, 3.05) is 26.2 Å². The third-order valence-corrected chi connectivity index (χ3v) is 4.82. The normalized spacial score (nSPS) is 20.7. The lowest BCUT2D eigenvalue weighted by atomic mass is 9.90. The lowest BCUT2D eigenvalue weighted by molar-refractivity contribution is -0.145. The number of likely N-dealkylation sites (tertiary alicyclic amines) is 1. The molecule has 1 aliphatic heterocycles. The Hall–Kier alpha value is -1.43. The summed E-state index contributed by atoms with van der Waals surface area (Å²) in [5.41, 5.74) is -1.76. The van der Waals surface area contributed by atoms with Crippen molar-refractivity contribution in [3.8, 4) is 0 Å². The van der Waals surface area contributed by atoms with Gasteiger partial charge in [0.25, 0.3) is 5.91 Å². The van der Waals surface area contributed by atoms with Crippen LogP contribution in [0.3, 0.4) is 0 Å². The fourth-order valence-electron chi connectivity index (χ4n) is 2.89. The molecule has 5 nitrogen and oxygen atoms in total. The highest BCUT2D eigenvalue weighted by Gasteiger charge is 2.42. The van der Waals surface area contributed by atoms with E-state index in [4.69, 9.17) is 0 Å². The fourth-order valence-corrected chi connectivity index (χ4v) is 2.89. The Balaban J connectivity index is 2.27. The van der Waals surface area contributed by atoms with Gasteiger partial charge in [-0.1, -0.05) is 37.3 Å². The molecule has 0 spiro atoms. The average molecular weight is 320 g/mol. The second-order valence-corrected chi connectivity index (χ2v) is 6.74. The molecule has 0 unspecified atom stereocenters. The first-order valence-corrected chi connectivity index (χ1v) is 8.37. The molecular weight excluding hydrogens is 292 g/mol. The van der Waals surface area contributed by atoms with Gasteiger partial charge in [0, 0.05) is 6.54 Å². The molecule has 1 aromatic carbocycles. The molecule has 0 aliphatic carbocycles. The maximum atomic E-state index is 12.9. The van der Waals surface area contributed by atoms with Crippen LogP contribution in [-0.2, 0) is 10.4 Å². The van der Waals surface area contributed by atoms with Crippen LogP contribution in [0.4, 0.5) is 0 Å². The highest BCUT2D eigenvalue weighted by Crippen LogP contribution is 2.26. The Kier molecular flexibility index (Phi) is 5.79. The Morgan fingerprint density at radius 3 is 2.39 bits per heavy atom. The van der Waals surface area contributed by atoms with E-state index in [0.29, 0.717) is 12.0 Å². The first-order valence-electron chi connectivity index (χ1n) is 8.37. The molecule has 2 rings (SSSR count). The Morgan fingerprint density at radius 1 is 1.26 bits per heavy atom. The monoisotopic (exact) mass is 320 g/mol. The SMILES string of the molecule is CC[C@@](C)(CO)NC(=O)[C@](O)(CN1CCCC1)c1ccccc1. The molecule has 0 saturated carbocycles. The van der Waals surface area contributed by atoms with E-state index in [0.717, 1.165) is 25.9 Å². The average Bonchev–Trinajstić information content (AvgIpc) is 3.08. The van der Waals surface area contributed by atoms with Gasteiger partial charge in [-0.15, -0.1) is 0 Å². The second-order valence-electron chi connectivity index (χ2n) is 6.74. The first kappa shape index (κ1) is 17.9. The summed E-state index contributed by atoms with van der Waals surface area (Å²) in [6, 6.07) is 9.06. The molecule has 1 aromatic rings. The largest absolute Gasteiger partial charge is 0.394 e. The molecule has 1 aliphatic rings. The Morgan fingerprint density at radius 2 is 1.87 bits per heavy atom. The van der Waals surface area contributed by atoms with E-state index < -0.39 is 17.0 Å². The van der Waals surface area contributed by atoms with Gasteiger partial charge in [0.15, 0.2) is 5.60 Å². The first-order chi connectivity index (χ1) is 10.9. The number of nitrogens with zero attached hydrogens (tertiary/aromatic N) is 1. The van der Waals surface area contributed by atoms with Crippen LogP contribution in [0.1, 0.15) is 38.7 Å². The molecule has 1 fully saturated rings. The third-order valence-electron chi connectivity index (χ3n) is 4.82. The molecule has 1 heterocycles. The lowest BCUT2D eigenvalue weighted by Crippen LogP contribution is -2.58. The van der Waals surface area contributed by atoms with E-state index in [1.54, 1.807) is 19.1 Å². The van der Waals surface area contributed by atoms with Crippen LogP contribution in [-0.4, -0.2) is 52.8 Å². The van der Waals surface area contributed by atoms with Crippen molar-refractivity contribution in [2.45, 2.75) is 44.2 Å². The van der Waals surface area contributed by atoms with Crippen molar-refractivity contribution >= 4 is 5.91 Å². The van der Waals surface area contributed by atoms with Gasteiger partial charge in [0.05, 0.1) is 12.1 Å². The lowest BCUT2D eigenvalue weighted by Gasteiger charge is -2.36. The van der Waals surface area contributed by atoms with Gasteiger partial charge in [-0.2, -0.15) is 0 Å². The molecule has 5 heteroatoms. The number of amides is 1. The van der Waals surface area contributed by atoms with Crippen molar-refractivity contribution in [1.82, 2.24) is 10.2 Å². The van der Waals surface area contributed by atoms with Crippen molar-refractivity contribution in [2.24, 2.45) is 0 Å². The van der Waals surface area contributed by atoms with E-state index in [2.05, 4.69) is 10.2 Å². The Labute approximate surface area is 138 Å². The number of benzene rings is 1. The van der Waals surface area contributed by atoms with Crippen molar-refractivity contribution in [3.63, 3.8) is 0 Å². The van der Waals surface area contributed by atoms with Gasteiger partial charge in [0.2, 0.25) is 0 Å². The molecule has 0 aromatic heterocycles. The molecule has 1 saturated heterocycles. The molecule has 2 atom stereocenters. The predicted molar refractivity (Wildman–Crippen MR) is 89.9 cm³/mol. The van der Waals surface area contributed by atoms with Crippen molar-refractivity contribution < 1.29 is 15.0 Å². The van der Waals surface area contributed by atoms with Crippen LogP contribution in [0.2, 0.25) is 0 Å². The predicted octanol–water partition coefficient (Wildman–Crippen LogP) is 1.25. The van der Waals surface area contributed by atoms with Crippen molar-refractivity contribution in [3.05, 3.63) is 35.9 Å². The van der Waals surface area contributed by atoms with Crippen molar-refractivity contribution in [1.29, 1.82) is 0 Å². The zero-order valence-corrected chi connectivity index (χ0v) is 14.1. The van der Waals surface area contributed by atoms with Gasteiger partial charge >= 0.3 is 0 Å². The summed E-state index contributed by atoms with van der Waals surface area (Å²) in [7, 11) is 0. The number of hydrogen-bond acceptors (Lipinski definition) is 4. The van der Waals surface area contributed by atoms with Crippen LogP contribution in [0.15, 0.2) is 30.3 Å². The Bertz CT molecular complexity index is 510. The van der Waals surface area contributed by atoms with Crippen LogP contribution in [0.25, 0.3) is 0 Å². The molecule has 0 radical (unpaired) electrons. The van der Waals surface area contributed by atoms with Gasteiger partial charge < -0.3 is 15.5 Å². The van der Waals surface area contributed by atoms with Gasteiger partial charge in [-0.05, 0) is 44.8 Å². The number of nitrogens with one attached hydrogen (secondary N) is 1. The summed E-state index contributed by atoms with van der Waals surface area (Å²) in [5, 5.41) is 23.6. The van der Waals surface area contributed by atoms with E-state index in [-0.39, 0.29) is 13.2 Å². The van der Waals surface area contributed by atoms with Gasteiger partial charge in [-0.3, -0.25) is 9.69 Å². The molecule has 128 valence electrons. The van der Waals surface area contributed by atoms with Gasteiger partial charge in [-0.25, -0.2) is 0 Å². The summed E-state index contributed by atoms with van der Waals surface area (Å²) >= 11 is 0. The van der Waals surface area contributed by atoms with Gasteiger partial charge in [0.1, 0.15) is 0 Å². The summed E-state index contributed by atoms with van der Waals surface area (Å²) in [5.74, 6) is -0.450. The number of hydrogen-bond donors (Lipinski definition) is 3. The summed E-state index contributed by atoms with van der Waals surface area (Å²) < 4.78 is 0. The third kappa shape index (κ3) is 4.10. The number of carbonyl (C=O) groups excluding carboxylic acids is 1. The number of rotatable bonds is 7. The zero-order chi connectivity index (χ0) is 16.9. The van der Waals surface area contributed by atoms with Crippen LogP contribution in [0.5, 0.6) is 0 Å². The maximum absolute atomic E-state index is 12.9. The molecule has 1 amide bonds. The van der Waals surface area contributed by atoms with E-state index in [1.165, 1.54) is 0 Å². The maximum Gasteiger partial charge on any atom is 0.258 e. The number of β-amino-alcohol motifs (C(OH)–C–C–N with tert-alkyl or cyclic N) is 1. The zero-order valence-electron chi connectivity index (χ0n) is 14.1.